The number of hydrogen-bond acceptors (Lipinski definition) is 9. The van der Waals surface area contributed by atoms with E-state index in [1.807, 2.05) is 0 Å². The van der Waals surface area contributed by atoms with E-state index in [1.54, 1.807) is 0 Å². The zero-order chi connectivity index (χ0) is 34.3. The summed E-state index contributed by atoms with van der Waals surface area (Å²) in [4.78, 5) is 0. The molecule has 9 rings (SSSR count). The molecule has 9 saturated heterocycles. The molecule has 0 N–H and O–H groups in total. The van der Waals surface area contributed by atoms with Crippen molar-refractivity contribution in [3.05, 3.63) is 0 Å². The fourth-order valence-electron chi connectivity index (χ4n) is 10.4. The maximum atomic E-state index is 6.76. The minimum absolute atomic E-state index is 0.0227. The Bertz CT molecular complexity index is 1300. The summed E-state index contributed by atoms with van der Waals surface area (Å²) in [6.07, 6.45) is 15.6. The van der Waals surface area contributed by atoms with Crippen molar-refractivity contribution in [2.24, 2.45) is 5.41 Å². The van der Waals surface area contributed by atoms with Gasteiger partial charge in [0.15, 0.2) is 0 Å². The lowest BCUT2D eigenvalue weighted by molar-refractivity contribution is -0.0173. The maximum absolute atomic E-state index is 6.76. The summed E-state index contributed by atoms with van der Waals surface area (Å²) >= 11 is 0. The third-order valence-corrected chi connectivity index (χ3v) is 15.1. The van der Waals surface area contributed by atoms with Gasteiger partial charge in [-0.05, 0) is 139 Å². The Morgan fingerprint density at radius 1 is 0.510 bits per heavy atom. The van der Waals surface area contributed by atoms with Gasteiger partial charge in [0.25, 0.3) is 0 Å². The fourth-order valence-corrected chi connectivity index (χ4v) is 10.4. The monoisotopic (exact) mass is 688 g/mol. The Labute approximate surface area is 294 Å². The van der Waals surface area contributed by atoms with Crippen molar-refractivity contribution in [3.8, 4) is 0 Å². The summed E-state index contributed by atoms with van der Waals surface area (Å²) in [7, 11) is 0. The molecule has 12 atom stereocenters. The highest BCUT2D eigenvalue weighted by Gasteiger charge is 2.80. The lowest BCUT2D eigenvalue weighted by Gasteiger charge is -2.42. The minimum Gasteiger partial charge on any atom is -0.372 e. The van der Waals surface area contributed by atoms with Crippen LogP contribution in [0.5, 0.6) is 0 Å². The van der Waals surface area contributed by atoms with Gasteiger partial charge in [-0.1, -0.05) is 0 Å². The van der Waals surface area contributed by atoms with Crippen LogP contribution in [0.15, 0.2) is 0 Å². The number of rotatable bonds is 22. The fraction of sp³-hybridized carbons (Fsp3) is 1.00. The molecule has 9 heterocycles. The van der Waals surface area contributed by atoms with Crippen LogP contribution in [0.4, 0.5) is 0 Å². The van der Waals surface area contributed by atoms with Crippen molar-refractivity contribution >= 4 is 0 Å². The number of epoxide rings is 9. The molecule has 0 radical (unpaired) electrons. The van der Waals surface area contributed by atoms with Crippen LogP contribution in [0.25, 0.3) is 0 Å². The first-order valence-corrected chi connectivity index (χ1v) is 19.9. The molecule has 0 saturated carbocycles. The van der Waals surface area contributed by atoms with Crippen LogP contribution >= 0.6 is 0 Å². The standard InChI is InChI=1S/C40H64O9/c1-32(2)26(45-32)10-17-35(7)29(48-35)13-20-38(31-22-41-31,16-9-15-37(23-42-37)19-12-28-34(5,6)47-28)40(25-44-40)39(24-43-39)21-14-30-36(8,49-30)18-11-27-33(3,4)46-27/h26-31H,9-25H2,1-8H3. The summed E-state index contributed by atoms with van der Waals surface area (Å²) in [5.74, 6) is 0. The highest BCUT2D eigenvalue weighted by molar-refractivity contribution is 5.27. The Morgan fingerprint density at radius 2 is 0.980 bits per heavy atom. The first-order chi connectivity index (χ1) is 23.0. The summed E-state index contributed by atoms with van der Waals surface area (Å²) in [6, 6.07) is 0. The van der Waals surface area contributed by atoms with Gasteiger partial charge in [-0.3, -0.25) is 0 Å². The van der Waals surface area contributed by atoms with E-state index in [2.05, 4.69) is 55.4 Å². The molecule has 0 bridgehead atoms. The van der Waals surface area contributed by atoms with Crippen LogP contribution in [0.3, 0.4) is 0 Å². The molecule has 49 heavy (non-hydrogen) atoms. The van der Waals surface area contributed by atoms with Crippen LogP contribution < -0.4 is 0 Å². The molecule has 9 aliphatic rings. The van der Waals surface area contributed by atoms with Crippen molar-refractivity contribution in [1.29, 1.82) is 0 Å². The van der Waals surface area contributed by atoms with Crippen molar-refractivity contribution < 1.29 is 42.6 Å². The van der Waals surface area contributed by atoms with E-state index in [4.69, 9.17) is 42.6 Å². The van der Waals surface area contributed by atoms with Gasteiger partial charge in [0.2, 0.25) is 0 Å². The number of ether oxygens (including phenoxy) is 9. The van der Waals surface area contributed by atoms with E-state index in [-0.39, 0.29) is 68.5 Å². The van der Waals surface area contributed by atoms with Crippen molar-refractivity contribution in [2.75, 3.05) is 26.4 Å². The quantitative estimate of drug-likeness (QED) is 0.116. The van der Waals surface area contributed by atoms with Crippen LogP contribution in [-0.4, -0.2) is 108 Å². The Balaban J connectivity index is 0.861. The lowest BCUT2D eigenvalue weighted by Crippen LogP contribution is -2.53. The van der Waals surface area contributed by atoms with Gasteiger partial charge >= 0.3 is 0 Å². The minimum atomic E-state index is -0.307. The maximum Gasteiger partial charge on any atom is 0.131 e. The molecule has 0 amide bonds. The zero-order valence-electron chi connectivity index (χ0n) is 31.7. The molecule has 0 aliphatic carbocycles. The molecular formula is C40H64O9. The Kier molecular flexibility index (Phi) is 7.63. The molecule has 12 unspecified atom stereocenters. The van der Waals surface area contributed by atoms with Crippen molar-refractivity contribution in [2.45, 2.75) is 220 Å². The van der Waals surface area contributed by atoms with E-state index < -0.39 is 0 Å². The molecule has 9 nitrogen and oxygen atoms in total. The van der Waals surface area contributed by atoms with Gasteiger partial charge in [-0.25, -0.2) is 0 Å². The summed E-state index contributed by atoms with van der Waals surface area (Å²) < 4.78 is 56.3. The van der Waals surface area contributed by atoms with Gasteiger partial charge in [0.05, 0.1) is 96.7 Å². The third kappa shape index (κ3) is 6.39. The summed E-state index contributed by atoms with van der Waals surface area (Å²) in [6.45, 7) is 21.0. The molecule has 9 aliphatic heterocycles. The topological polar surface area (TPSA) is 113 Å². The Hall–Kier alpha value is -0.360. The van der Waals surface area contributed by atoms with Crippen molar-refractivity contribution in [1.82, 2.24) is 0 Å². The molecule has 0 aromatic heterocycles. The second-order valence-corrected chi connectivity index (χ2v) is 19.9. The van der Waals surface area contributed by atoms with Crippen LogP contribution in [0.2, 0.25) is 0 Å². The average molecular weight is 689 g/mol. The molecule has 278 valence electrons. The summed E-state index contributed by atoms with van der Waals surface area (Å²) in [5, 5.41) is 0. The van der Waals surface area contributed by atoms with E-state index >= 15 is 0 Å². The van der Waals surface area contributed by atoms with Gasteiger partial charge < -0.3 is 42.6 Å². The molecule has 9 heteroatoms. The second kappa shape index (κ2) is 10.9. The van der Waals surface area contributed by atoms with Gasteiger partial charge in [-0.15, -0.1) is 0 Å². The van der Waals surface area contributed by atoms with Gasteiger partial charge in [0.1, 0.15) is 11.2 Å². The third-order valence-electron chi connectivity index (χ3n) is 15.1. The molecule has 0 aromatic carbocycles. The first-order valence-electron chi connectivity index (χ1n) is 19.9. The van der Waals surface area contributed by atoms with Gasteiger partial charge in [0, 0.05) is 5.41 Å². The van der Waals surface area contributed by atoms with E-state index in [9.17, 15) is 0 Å². The van der Waals surface area contributed by atoms with Crippen molar-refractivity contribution in [3.63, 3.8) is 0 Å². The Morgan fingerprint density at radius 3 is 1.41 bits per heavy atom. The molecule has 0 spiro atoms. The normalized spacial score (nSPS) is 50.7. The highest BCUT2D eigenvalue weighted by atomic mass is 16.7. The van der Waals surface area contributed by atoms with Crippen LogP contribution in [0.1, 0.15) is 139 Å². The molecule has 9 fully saturated rings. The SMILES string of the molecule is CC1(C)OC1CCC1(CCCC(CCC2OC2(C)CCC2OC2(C)C)(C2CO2)C2(C3(CCC4OC4(C)CCC4OC4(C)C)CO3)CO2)CO1. The predicted molar refractivity (Wildman–Crippen MR) is 182 cm³/mol. The smallest absolute Gasteiger partial charge is 0.131 e. The van der Waals surface area contributed by atoms with Crippen LogP contribution in [0, 0.1) is 5.41 Å². The predicted octanol–water partition coefficient (Wildman–Crippen LogP) is 6.60. The first kappa shape index (κ1) is 34.4. The molecular weight excluding hydrogens is 624 g/mol. The summed E-state index contributed by atoms with van der Waals surface area (Å²) in [5.41, 5.74) is -0.623. The second-order valence-electron chi connectivity index (χ2n) is 19.9. The van der Waals surface area contributed by atoms with Gasteiger partial charge in [-0.2, -0.15) is 0 Å². The largest absolute Gasteiger partial charge is 0.372 e. The van der Waals surface area contributed by atoms with E-state index in [0.717, 1.165) is 110 Å². The number of hydrogen-bond donors (Lipinski definition) is 0. The van der Waals surface area contributed by atoms with E-state index in [1.165, 1.54) is 0 Å². The molecule has 0 aromatic rings. The zero-order valence-corrected chi connectivity index (χ0v) is 31.7. The average Bonchev–Trinajstić information content (AvgIpc) is 3.78. The van der Waals surface area contributed by atoms with E-state index in [0.29, 0.717) is 18.3 Å². The highest BCUT2D eigenvalue weighted by Crippen LogP contribution is 2.68. The van der Waals surface area contributed by atoms with Crippen LogP contribution in [-0.2, 0) is 42.6 Å². The lowest BCUT2D eigenvalue weighted by atomic mass is 9.60.